The molecule has 2 heteroatoms. The fourth-order valence-corrected chi connectivity index (χ4v) is 3.42. The molecule has 84 valence electrons. The number of rotatable bonds is 2. The zero-order valence-corrected chi connectivity index (χ0v) is 10.5. The van der Waals surface area contributed by atoms with Crippen LogP contribution in [0.2, 0.25) is 0 Å². The van der Waals surface area contributed by atoms with Gasteiger partial charge in [0.2, 0.25) is 0 Å². The summed E-state index contributed by atoms with van der Waals surface area (Å²) in [7, 11) is 0. The molecule has 0 spiro atoms. The first-order valence-electron chi connectivity index (χ1n) is 5.88. The predicted molar refractivity (Wildman–Crippen MR) is 69.5 cm³/mol. The van der Waals surface area contributed by atoms with Crippen LogP contribution in [0, 0.1) is 13.5 Å². The zero-order chi connectivity index (χ0) is 11.4. The SMILES string of the molecule is [C-]#[N+]C1(Sc2ccc(C)cc2)CCCCC1. The van der Waals surface area contributed by atoms with Crippen molar-refractivity contribution in [2.75, 3.05) is 0 Å². The first-order chi connectivity index (χ1) is 7.74. The highest BCUT2D eigenvalue weighted by atomic mass is 32.2. The summed E-state index contributed by atoms with van der Waals surface area (Å²) in [5.74, 6) is 0. The molecule has 1 aromatic rings. The second-order valence-electron chi connectivity index (χ2n) is 4.53. The molecule has 0 unspecified atom stereocenters. The Hall–Kier alpha value is -0.940. The Labute approximate surface area is 102 Å². The lowest BCUT2D eigenvalue weighted by molar-refractivity contribution is 0.450. The maximum Gasteiger partial charge on any atom is 0.282 e. The molecule has 0 aromatic heterocycles. The molecule has 0 atom stereocenters. The normalized spacial score (nSPS) is 19.0. The third-order valence-electron chi connectivity index (χ3n) is 3.17. The third-order valence-corrected chi connectivity index (χ3v) is 4.55. The Morgan fingerprint density at radius 3 is 2.31 bits per heavy atom. The molecule has 2 rings (SSSR count). The number of hydrogen-bond acceptors (Lipinski definition) is 1. The number of benzene rings is 1. The van der Waals surface area contributed by atoms with Crippen LogP contribution in [0.4, 0.5) is 0 Å². The lowest BCUT2D eigenvalue weighted by Crippen LogP contribution is -2.23. The summed E-state index contributed by atoms with van der Waals surface area (Å²) in [6.07, 6.45) is 5.82. The van der Waals surface area contributed by atoms with Crippen LogP contribution in [-0.4, -0.2) is 4.87 Å². The summed E-state index contributed by atoms with van der Waals surface area (Å²) in [4.78, 5) is 4.98. The molecule has 1 saturated carbocycles. The van der Waals surface area contributed by atoms with Crippen LogP contribution in [0.5, 0.6) is 0 Å². The van der Waals surface area contributed by atoms with Gasteiger partial charge in [0.25, 0.3) is 4.87 Å². The van der Waals surface area contributed by atoms with E-state index in [1.54, 1.807) is 11.8 Å². The summed E-state index contributed by atoms with van der Waals surface area (Å²) < 4.78 is 0. The second kappa shape index (κ2) is 4.93. The van der Waals surface area contributed by atoms with E-state index < -0.39 is 0 Å². The van der Waals surface area contributed by atoms with Crippen LogP contribution in [-0.2, 0) is 0 Å². The molecule has 0 radical (unpaired) electrons. The minimum absolute atomic E-state index is 0.173. The van der Waals surface area contributed by atoms with Crippen molar-refractivity contribution in [1.82, 2.24) is 0 Å². The van der Waals surface area contributed by atoms with Gasteiger partial charge in [0.15, 0.2) is 0 Å². The highest BCUT2D eigenvalue weighted by Gasteiger charge is 2.39. The molecule has 1 aliphatic rings. The van der Waals surface area contributed by atoms with E-state index in [4.69, 9.17) is 6.57 Å². The van der Waals surface area contributed by atoms with E-state index in [9.17, 15) is 0 Å². The maximum atomic E-state index is 7.44. The van der Waals surface area contributed by atoms with E-state index in [1.165, 1.54) is 29.7 Å². The van der Waals surface area contributed by atoms with Crippen molar-refractivity contribution in [2.45, 2.75) is 48.8 Å². The lowest BCUT2D eigenvalue weighted by Gasteiger charge is -2.25. The second-order valence-corrected chi connectivity index (χ2v) is 5.97. The van der Waals surface area contributed by atoms with Crippen molar-refractivity contribution in [1.29, 1.82) is 0 Å². The average Bonchev–Trinajstić information content (AvgIpc) is 2.33. The Morgan fingerprint density at radius 2 is 1.75 bits per heavy atom. The summed E-state index contributed by atoms with van der Waals surface area (Å²) in [6.45, 7) is 9.54. The van der Waals surface area contributed by atoms with Gasteiger partial charge in [-0.2, -0.15) is 0 Å². The quantitative estimate of drug-likeness (QED) is 0.669. The first kappa shape index (κ1) is 11.5. The molecule has 1 nitrogen and oxygen atoms in total. The van der Waals surface area contributed by atoms with E-state index in [0.29, 0.717) is 0 Å². The molecule has 0 amide bonds. The van der Waals surface area contributed by atoms with Gasteiger partial charge in [-0.3, -0.25) is 4.85 Å². The van der Waals surface area contributed by atoms with Gasteiger partial charge < -0.3 is 0 Å². The zero-order valence-electron chi connectivity index (χ0n) is 9.70. The van der Waals surface area contributed by atoms with Crippen LogP contribution >= 0.6 is 11.8 Å². The molecule has 0 N–H and O–H groups in total. The monoisotopic (exact) mass is 231 g/mol. The van der Waals surface area contributed by atoms with Crippen molar-refractivity contribution < 1.29 is 0 Å². The average molecular weight is 231 g/mol. The van der Waals surface area contributed by atoms with Crippen LogP contribution in [0.25, 0.3) is 4.85 Å². The van der Waals surface area contributed by atoms with Crippen molar-refractivity contribution in [2.24, 2.45) is 0 Å². The van der Waals surface area contributed by atoms with Gasteiger partial charge in [-0.1, -0.05) is 24.1 Å². The molecule has 0 bridgehead atoms. The topological polar surface area (TPSA) is 4.36 Å². The number of thioether (sulfide) groups is 1. The Morgan fingerprint density at radius 1 is 1.12 bits per heavy atom. The van der Waals surface area contributed by atoms with Gasteiger partial charge in [0, 0.05) is 17.7 Å². The van der Waals surface area contributed by atoms with E-state index >= 15 is 0 Å². The van der Waals surface area contributed by atoms with Gasteiger partial charge in [-0.25, -0.2) is 6.57 Å². The molecule has 1 aliphatic carbocycles. The standard InChI is InChI=1S/C14H17NS/c1-12-6-8-13(9-7-12)16-14(15-2)10-4-3-5-11-14/h6-9H,3-5,10-11H2,1H3. The minimum Gasteiger partial charge on any atom is -0.298 e. The molecule has 0 aliphatic heterocycles. The molecule has 0 heterocycles. The highest BCUT2D eigenvalue weighted by molar-refractivity contribution is 8.00. The Kier molecular flexibility index (Phi) is 3.56. The lowest BCUT2D eigenvalue weighted by atomic mass is 9.95. The number of aryl methyl sites for hydroxylation is 1. The number of hydrogen-bond donors (Lipinski definition) is 0. The summed E-state index contributed by atoms with van der Waals surface area (Å²) in [5.41, 5.74) is 1.28. The maximum absolute atomic E-state index is 7.44. The van der Waals surface area contributed by atoms with Crippen molar-refractivity contribution in [3.05, 3.63) is 41.2 Å². The Bertz CT molecular complexity index is 382. The van der Waals surface area contributed by atoms with Crippen LogP contribution < -0.4 is 0 Å². The van der Waals surface area contributed by atoms with Gasteiger partial charge in [0.1, 0.15) is 0 Å². The van der Waals surface area contributed by atoms with Gasteiger partial charge in [-0.15, -0.1) is 0 Å². The smallest absolute Gasteiger partial charge is 0.282 e. The molecule has 16 heavy (non-hydrogen) atoms. The van der Waals surface area contributed by atoms with Crippen LogP contribution in [0.3, 0.4) is 0 Å². The largest absolute Gasteiger partial charge is 0.298 e. The van der Waals surface area contributed by atoms with E-state index in [2.05, 4.69) is 36.0 Å². The van der Waals surface area contributed by atoms with E-state index in [0.717, 1.165) is 12.8 Å². The Balaban J connectivity index is 2.12. The van der Waals surface area contributed by atoms with Crippen molar-refractivity contribution >= 4 is 11.8 Å². The molecule has 1 aromatic carbocycles. The fraction of sp³-hybridized carbons (Fsp3) is 0.500. The summed E-state index contributed by atoms with van der Waals surface area (Å²) >= 11 is 1.77. The molecular formula is C14H17NS. The van der Waals surface area contributed by atoms with E-state index in [1.807, 2.05) is 0 Å². The molecular weight excluding hydrogens is 214 g/mol. The highest BCUT2D eigenvalue weighted by Crippen LogP contribution is 2.44. The van der Waals surface area contributed by atoms with Gasteiger partial charge >= 0.3 is 0 Å². The first-order valence-corrected chi connectivity index (χ1v) is 6.70. The molecule has 0 saturated heterocycles. The van der Waals surface area contributed by atoms with Crippen molar-refractivity contribution in [3.63, 3.8) is 0 Å². The third kappa shape index (κ3) is 2.59. The summed E-state index contributed by atoms with van der Waals surface area (Å²) in [5, 5.41) is 0. The van der Waals surface area contributed by atoms with Crippen LogP contribution in [0.15, 0.2) is 29.2 Å². The van der Waals surface area contributed by atoms with Gasteiger partial charge in [0.05, 0.1) is 0 Å². The molecule has 1 fully saturated rings. The van der Waals surface area contributed by atoms with Crippen molar-refractivity contribution in [3.8, 4) is 0 Å². The minimum atomic E-state index is -0.173. The van der Waals surface area contributed by atoms with Gasteiger partial charge in [-0.05, 0) is 43.7 Å². The predicted octanol–water partition coefficient (Wildman–Crippen LogP) is 4.67. The summed E-state index contributed by atoms with van der Waals surface area (Å²) in [6, 6.07) is 8.54. The number of nitrogens with zero attached hydrogens (tertiary/aromatic N) is 1. The van der Waals surface area contributed by atoms with E-state index in [-0.39, 0.29) is 4.87 Å². The fourth-order valence-electron chi connectivity index (χ4n) is 2.17. The van der Waals surface area contributed by atoms with Crippen LogP contribution in [0.1, 0.15) is 37.7 Å².